The second-order valence-corrected chi connectivity index (χ2v) is 5.35. The number of hydrogen-bond donors (Lipinski definition) is 1. The summed E-state index contributed by atoms with van der Waals surface area (Å²) in [5.74, 6) is 0. The minimum absolute atomic E-state index is 0.176. The number of rotatable bonds is 4. The molecule has 0 saturated heterocycles. The zero-order chi connectivity index (χ0) is 16.5. The average Bonchev–Trinajstić information content (AvgIpc) is 2.75. The Labute approximate surface area is 123 Å². The molecule has 126 valence electrons. The summed E-state index contributed by atoms with van der Waals surface area (Å²) < 4.78 is 69.0. The Kier molecular flexibility index (Phi) is 5.06. The lowest BCUT2D eigenvalue weighted by Crippen LogP contribution is -2.27. The van der Waals surface area contributed by atoms with Gasteiger partial charge in [-0.2, -0.15) is 27.1 Å². The Morgan fingerprint density at radius 2 is 2.05 bits per heavy atom. The van der Waals surface area contributed by atoms with Crippen LogP contribution in [0.1, 0.15) is 48.7 Å². The molecule has 1 aromatic rings. The zero-order valence-corrected chi connectivity index (χ0v) is 11.9. The first-order valence-corrected chi connectivity index (χ1v) is 6.93. The van der Waals surface area contributed by atoms with Crippen molar-refractivity contribution in [2.24, 2.45) is 0 Å². The van der Waals surface area contributed by atoms with Gasteiger partial charge in [0, 0.05) is 11.3 Å². The predicted molar refractivity (Wildman–Crippen MR) is 66.3 cm³/mol. The van der Waals surface area contributed by atoms with Crippen LogP contribution in [-0.4, -0.2) is 27.6 Å². The van der Waals surface area contributed by atoms with Gasteiger partial charge in [-0.1, -0.05) is 0 Å². The van der Waals surface area contributed by atoms with E-state index in [1.54, 1.807) is 0 Å². The molecule has 1 aliphatic rings. The van der Waals surface area contributed by atoms with Crippen LogP contribution < -0.4 is 0 Å². The second-order valence-electron chi connectivity index (χ2n) is 5.35. The van der Waals surface area contributed by atoms with Crippen molar-refractivity contribution in [1.82, 2.24) is 9.78 Å². The highest BCUT2D eigenvalue weighted by Gasteiger charge is 2.39. The monoisotopic (exact) mass is 328 g/mol. The van der Waals surface area contributed by atoms with Crippen molar-refractivity contribution in [3.63, 3.8) is 0 Å². The summed E-state index contributed by atoms with van der Waals surface area (Å²) in [7, 11) is 0. The maximum absolute atomic E-state index is 12.9. The molecular weight excluding hydrogens is 311 g/mol. The largest absolute Gasteiger partial charge is 0.435 e. The van der Waals surface area contributed by atoms with Crippen molar-refractivity contribution in [2.75, 3.05) is 0 Å². The van der Waals surface area contributed by atoms with Crippen LogP contribution in [0, 0.1) is 6.92 Å². The number of aliphatic hydroxyl groups excluding tert-OH is 1. The van der Waals surface area contributed by atoms with Gasteiger partial charge in [0.15, 0.2) is 5.69 Å². The summed E-state index contributed by atoms with van der Waals surface area (Å²) in [5.41, 5.74) is -1.19. The molecule has 2 atom stereocenters. The summed E-state index contributed by atoms with van der Waals surface area (Å²) >= 11 is 0. The number of nitrogens with zero attached hydrogens (tertiary/aromatic N) is 2. The van der Waals surface area contributed by atoms with Crippen LogP contribution in [0.3, 0.4) is 0 Å². The molecule has 22 heavy (non-hydrogen) atoms. The van der Waals surface area contributed by atoms with E-state index >= 15 is 0 Å². The van der Waals surface area contributed by atoms with Gasteiger partial charge in [-0.05, 0) is 32.6 Å². The highest BCUT2D eigenvalue weighted by molar-refractivity contribution is 5.27. The molecule has 1 fully saturated rings. The van der Waals surface area contributed by atoms with E-state index in [1.807, 2.05) is 0 Å². The number of ether oxygens (including phenoxy) is 1. The molecule has 9 heteroatoms. The lowest BCUT2D eigenvalue weighted by atomic mass is 9.93. The molecule has 1 heterocycles. The lowest BCUT2D eigenvalue weighted by Gasteiger charge is -2.29. The van der Waals surface area contributed by atoms with E-state index in [0.29, 0.717) is 19.3 Å². The van der Waals surface area contributed by atoms with Gasteiger partial charge in [0.05, 0.1) is 18.8 Å². The van der Waals surface area contributed by atoms with Crippen LogP contribution in [0.25, 0.3) is 0 Å². The van der Waals surface area contributed by atoms with Crippen LogP contribution in [0.5, 0.6) is 0 Å². The summed E-state index contributed by atoms with van der Waals surface area (Å²) in [6.45, 7) is -2.24. The molecule has 0 radical (unpaired) electrons. The van der Waals surface area contributed by atoms with Gasteiger partial charge >= 0.3 is 12.8 Å². The van der Waals surface area contributed by atoms with Crippen LogP contribution in [0.4, 0.5) is 22.0 Å². The summed E-state index contributed by atoms with van der Waals surface area (Å²) in [5, 5.41) is 12.7. The highest BCUT2D eigenvalue weighted by Crippen LogP contribution is 2.37. The van der Waals surface area contributed by atoms with Gasteiger partial charge in [-0.15, -0.1) is 0 Å². The maximum atomic E-state index is 12.9. The molecule has 1 aliphatic carbocycles. The van der Waals surface area contributed by atoms with E-state index in [4.69, 9.17) is 5.11 Å². The van der Waals surface area contributed by atoms with Crippen LogP contribution in [-0.2, 0) is 17.5 Å². The number of aliphatic hydroxyl groups is 1. The van der Waals surface area contributed by atoms with E-state index in [2.05, 4.69) is 9.84 Å². The second kappa shape index (κ2) is 6.49. The van der Waals surface area contributed by atoms with Gasteiger partial charge < -0.3 is 9.84 Å². The van der Waals surface area contributed by atoms with Gasteiger partial charge in [0.1, 0.15) is 0 Å². The van der Waals surface area contributed by atoms with Crippen molar-refractivity contribution >= 4 is 0 Å². The third kappa shape index (κ3) is 3.57. The van der Waals surface area contributed by atoms with E-state index in [0.717, 1.165) is 0 Å². The van der Waals surface area contributed by atoms with Gasteiger partial charge in [0.25, 0.3) is 0 Å². The molecule has 1 saturated carbocycles. The van der Waals surface area contributed by atoms with Crippen molar-refractivity contribution < 1.29 is 31.8 Å². The molecular formula is C13H17F5N2O2. The normalized spacial score (nSPS) is 23.3. The minimum Gasteiger partial charge on any atom is -0.392 e. The predicted octanol–water partition coefficient (Wildman–Crippen LogP) is 3.43. The Bertz CT molecular complexity index is 515. The Balaban J connectivity index is 2.26. The fourth-order valence-corrected chi connectivity index (χ4v) is 2.94. The Hall–Kier alpha value is -1.22. The fourth-order valence-electron chi connectivity index (χ4n) is 2.94. The third-order valence-corrected chi connectivity index (χ3v) is 3.94. The maximum Gasteiger partial charge on any atom is 0.435 e. The molecule has 0 bridgehead atoms. The molecule has 0 aliphatic heterocycles. The van der Waals surface area contributed by atoms with Gasteiger partial charge in [-0.3, -0.25) is 4.68 Å². The number of halogens is 5. The molecule has 0 amide bonds. The average molecular weight is 328 g/mol. The first-order valence-electron chi connectivity index (χ1n) is 6.93. The Morgan fingerprint density at radius 1 is 1.36 bits per heavy atom. The topological polar surface area (TPSA) is 47.3 Å². The molecule has 2 rings (SSSR count). The number of aromatic nitrogens is 2. The number of hydrogen-bond acceptors (Lipinski definition) is 3. The minimum atomic E-state index is -4.67. The molecule has 1 N–H and O–H groups in total. The summed E-state index contributed by atoms with van der Waals surface area (Å²) in [6.07, 6.45) is -3.64. The van der Waals surface area contributed by atoms with Crippen LogP contribution in [0.2, 0.25) is 0 Å². The van der Waals surface area contributed by atoms with Crippen molar-refractivity contribution in [3.8, 4) is 0 Å². The fraction of sp³-hybridized carbons (Fsp3) is 0.769. The molecule has 4 nitrogen and oxygen atoms in total. The standard InChI is InChI=1S/C13H17F5N2O2/c1-7-10(6-21)11(13(16,17)18)19-20(7)8-3-2-4-9(5-8)22-12(14)15/h8-9,12,21H,2-6H2,1H3. The van der Waals surface area contributed by atoms with E-state index in [1.165, 1.54) is 11.6 Å². The van der Waals surface area contributed by atoms with Crippen molar-refractivity contribution in [3.05, 3.63) is 17.0 Å². The quantitative estimate of drug-likeness (QED) is 0.862. The van der Waals surface area contributed by atoms with Crippen LogP contribution >= 0.6 is 0 Å². The third-order valence-electron chi connectivity index (χ3n) is 3.94. The number of alkyl halides is 5. The van der Waals surface area contributed by atoms with Gasteiger partial charge in [0.2, 0.25) is 0 Å². The summed E-state index contributed by atoms with van der Waals surface area (Å²) in [6, 6.07) is -0.445. The molecule has 2 unspecified atom stereocenters. The highest BCUT2D eigenvalue weighted by atomic mass is 19.4. The SMILES string of the molecule is Cc1c(CO)c(C(F)(F)F)nn1C1CCCC(OC(F)F)C1. The van der Waals surface area contributed by atoms with Crippen molar-refractivity contribution in [1.29, 1.82) is 0 Å². The van der Waals surface area contributed by atoms with Gasteiger partial charge in [-0.25, -0.2) is 0 Å². The molecule has 0 aromatic carbocycles. The first kappa shape index (κ1) is 17.1. The molecule has 0 spiro atoms. The van der Waals surface area contributed by atoms with Crippen molar-refractivity contribution in [2.45, 2.75) is 64.1 Å². The van der Waals surface area contributed by atoms with E-state index in [9.17, 15) is 22.0 Å². The smallest absolute Gasteiger partial charge is 0.392 e. The van der Waals surface area contributed by atoms with Crippen LogP contribution in [0.15, 0.2) is 0 Å². The Morgan fingerprint density at radius 3 is 2.55 bits per heavy atom. The van der Waals surface area contributed by atoms with E-state index in [-0.39, 0.29) is 17.7 Å². The first-order chi connectivity index (χ1) is 10.2. The van der Waals surface area contributed by atoms with E-state index < -0.39 is 37.2 Å². The summed E-state index contributed by atoms with van der Waals surface area (Å²) in [4.78, 5) is 0. The molecule has 1 aromatic heterocycles. The zero-order valence-electron chi connectivity index (χ0n) is 11.9. The lowest BCUT2D eigenvalue weighted by molar-refractivity contribution is -0.172.